The molecule has 3 aliphatic rings. The number of hydrazine groups is 1. The Morgan fingerprint density at radius 2 is 1.51 bits per heavy atom. The highest BCUT2D eigenvalue weighted by Gasteiger charge is 2.52. The Morgan fingerprint density at radius 3 is 2.16 bits per heavy atom. The molecule has 3 unspecified atom stereocenters. The van der Waals surface area contributed by atoms with Gasteiger partial charge in [-0.2, -0.15) is 0 Å². The van der Waals surface area contributed by atoms with Crippen LogP contribution in [0.5, 0.6) is 0 Å². The van der Waals surface area contributed by atoms with E-state index < -0.39 is 0 Å². The number of hydrogen-bond acceptors (Lipinski definition) is 5. The number of nitrogens with one attached hydrogen (secondary N) is 1. The summed E-state index contributed by atoms with van der Waals surface area (Å²) in [7, 11) is 0. The Balaban J connectivity index is 1.23. The first-order valence-electron chi connectivity index (χ1n) is 13.4. The van der Waals surface area contributed by atoms with E-state index in [1.165, 1.54) is 0 Å². The number of piperazine rings is 1. The van der Waals surface area contributed by atoms with E-state index in [0.29, 0.717) is 45.7 Å². The van der Waals surface area contributed by atoms with Crippen LogP contribution in [-0.4, -0.2) is 83.8 Å². The fourth-order valence-electron chi connectivity index (χ4n) is 5.77. The predicted octanol–water partition coefficient (Wildman–Crippen LogP) is 2.17. The zero-order valence-electron chi connectivity index (χ0n) is 21.8. The summed E-state index contributed by atoms with van der Waals surface area (Å²) in [6.07, 6.45) is 1.21. The number of amides is 3. The first kappa shape index (κ1) is 25.4. The van der Waals surface area contributed by atoms with Crippen LogP contribution in [0.3, 0.4) is 0 Å². The summed E-state index contributed by atoms with van der Waals surface area (Å²) in [4.78, 5) is 46.0. The zero-order valence-corrected chi connectivity index (χ0v) is 21.8. The molecule has 1 N–H and O–H groups in total. The van der Waals surface area contributed by atoms with Gasteiger partial charge in [0.15, 0.2) is 0 Å². The first-order valence-corrected chi connectivity index (χ1v) is 13.4. The van der Waals surface area contributed by atoms with Crippen molar-refractivity contribution in [3.05, 3.63) is 66.2 Å². The Morgan fingerprint density at radius 1 is 0.892 bits per heavy atom. The molecule has 3 atom stereocenters. The highest BCUT2D eigenvalue weighted by atomic mass is 16.2. The Hall–Kier alpha value is -3.23. The van der Waals surface area contributed by atoms with Gasteiger partial charge in [0.2, 0.25) is 17.7 Å². The second-order valence-corrected chi connectivity index (χ2v) is 10.6. The lowest BCUT2D eigenvalue weighted by molar-refractivity contribution is -0.145. The third-order valence-electron chi connectivity index (χ3n) is 8.02. The van der Waals surface area contributed by atoms with Crippen LogP contribution in [0.25, 0.3) is 0 Å². The van der Waals surface area contributed by atoms with Crippen molar-refractivity contribution in [1.82, 2.24) is 20.1 Å². The SMILES string of the molecule is CC(C)N1CC(C(=O)N2CCN(C(=O)CCc3ccccc3)CC2)C2NN(c3ccccc3)C(=O)C2C1. The van der Waals surface area contributed by atoms with Crippen molar-refractivity contribution in [2.75, 3.05) is 44.3 Å². The number of carbonyl (C=O) groups is 3. The highest BCUT2D eigenvalue weighted by molar-refractivity contribution is 5.98. The van der Waals surface area contributed by atoms with Gasteiger partial charge >= 0.3 is 0 Å². The van der Waals surface area contributed by atoms with E-state index in [4.69, 9.17) is 0 Å². The third-order valence-corrected chi connectivity index (χ3v) is 8.02. The number of carbonyl (C=O) groups excluding carboxylic acids is 3. The second kappa shape index (κ2) is 11.0. The average Bonchev–Trinajstić information content (AvgIpc) is 3.28. The third kappa shape index (κ3) is 5.40. The Kier molecular flexibility index (Phi) is 7.58. The minimum atomic E-state index is -0.320. The van der Waals surface area contributed by atoms with E-state index in [2.05, 4.69) is 24.2 Å². The smallest absolute Gasteiger partial charge is 0.247 e. The van der Waals surface area contributed by atoms with Gasteiger partial charge in [0.25, 0.3) is 0 Å². The molecule has 0 aliphatic carbocycles. The number of rotatable bonds is 6. The summed E-state index contributed by atoms with van der Waals surface area (Å²) < 4.78 is 0. The minimum Gasteiger partial charge on any atom is -0.339 e. The van der Waals surface area contributed by atoms with E-state index in [9.17, 15) is 14.4 Å². The number of fused-ring (bicyclic) bond motifs is 1. The molecule has 196 valence electrons. The molecule has 3 heterocycles. The number of hydrogen-bond donors (Lipinski definition) is 1. The summed E-state index contributed by atoms with van der Waals surface area (Å²) in [5, 5.41) is 1.63. The van der Waals surface area contributed by atoms with Crippen LogP contribution < -0.4 is 10.4 Å². The highest BCUT2D eigenvalue weighted by Crippen LogP contribution is 2.33. The number of aryl methyl sites for hydroxylation is 1. The lowest BCUT2D eigenvalue weighted by atomic mass is 9.83. The largest absolute Gasteiger partial charge is 0.339 e. The van der Waals surface area contributed by atoms with Crippen molar-refractivity contribution >= 4 is 23.4 Å². The number of anilines is 1. The normalized spacial score (nSPS) is 24.5. The fourth-order valence-corrected chi connectivity index (χ4v) is 5.77. The van der Waals surface area contributed by atoms with Crippen LogP contribution >= 0.6 is 0 Å². The van der Waals surface area contributed by atoms with Gasteiger partial charge in [0.05, 0.1) is 23.6 Å². The molecule has 2 aromatic carbocycles. The van der Waals surface area contributed by atoms with E-state index in [0.717, 1.165) is 17.7 Å². The maximum absolute atomic E-state index is 13.8. The monoisotopic (exact) mass is 503 g/mol. The van der Waals surface area contributed by atoms with Gasteiger partial charge in [-0.15, -0.1) is 0 Å². The lowest BCUT2D eigenvalue weighted by Crippen LogP contribution is -2.60. The predicted molar refractivity (Wildman–Crippen MR) is 142 cm³/mol. The number of para-hydroxylation sites is 1. The molecular weight excluding hydrogens is 466 g/mol. The molecule has 5 rings (SSSR count). The van der Waals surface area contributed by atoms with Crippen molar-refractivity contribution in [2.45, 2.75) is 38.8 Å². The van der Waals surface area contributed by atoms with Crippen LogP contribution in [0.1, 0.15) is 25.8 Å². The van der Waals surface area contributed by atoms with Crippen LogP contribution in [-0.2, 0) is 20.8 Å². The summed E-state index contributed by atoms with van der Waals surface area (Å²) in [6, 6.07) is 19.6. The summed E-state index contributed by atoms with van der Waals surface area (Å²) >= 11 is 0. The van der Waals surface area contributed by atoms with Crippen LogP contribution in [0.2, 0.25) is 0 Å². The summed E-state index contributed by atoms with van der Waals surface area (Å²) in [5.41, 5.74) is 5.35. The van der Waals surface area contributed by atoms with Gasteiger partial charge < -0.3 is 9.80 Å². The van der Waals surface area contributed by atoms with E-state index in [1.54, 1.807) is 5.01 Å². The lowest BCUT2D eigenvalue weighted by Gasteiger charge is -2.43. The second-order valence-electron chi connectivity index (χ2n) is 10.6. The van der Waals surface area contributed by atoms with Crippen molar-refractivity contribution < 1.29 is 14.4 Å². The molecule has 0 radical (unpaired) electrons. The number of piperidine rings is 1. The van der Waals surface area contributed by atoms with Gasteiger partial charge in [-0.05, 0) is 38.0 Å². The molecule has 2 aromatic rings. The molecule has 37 heavy (non-hydrogen) atoms. The maximum Gasteiger partial charge on any atom is 0.247 e. The zero-order chi connectivity index (χ0) is 25.9. The van der Waals surface area contributed by atoms with Crippen LogP contribution in [0.15, 0.2) is 60.7 Å². The van der Waals surface area contributed by atoms with Crippen LogP contribution in [0, 0.1) is 11.8 Å². The first-order chi connectivity index (χ1) is 17.9. The van der Waals surface area contributed by atoms with Gasteiger partial charge in [-0.3, -0.25) is 19.3 Å². The molecular formula is C29H37N5O3. The van der Waals surface area contributed by atoms with Crippen molar-refractivity contribution in [1.29, 1.82) is 0 Å². The van der Waals surface area contributed by atoms with Crippen LogP contribution in [0.4, 0.5) is 5.69 Å². The molecule has 0 bridgehead atoms. The minimum absolute atomic E-state index is 0.0215. The molecule has 3 saturated heterocycles. The summed E-state index contributed by atoms with van der Waals surface area (Å²) in [5.74, 6) is -0.355. The number of benzene rings is 2. The van der Waals surface area contributed by atoms with Gasteiger partial charge in [-0.1, -0.05) is 48.5 Å². The van der Waals surface area contributed by atoms with E-state index in [-0.39, 0.29) is 41.6 Å². The molecule has 3 fully saturated rings. The molecule has 0 spiro atoms. The molecule has 8 heteroatoms. The molecule has 3 aliphatic heterocycles. The Bertz CT molecular complexity index is 1100. The fraction of sp³-hybridized carbons (Fsp3) is 0.483. The molecule has 3 amide bonds. The van der Waals surface area contributed by atoms with E-state index >= 15 is 0 Å². The van der Waals surface area contributed by atoms with Gasteiger partial charge in [-0.25, -0.2) is 10.4 Å². The molecule has 0 aromatic heterocycles. The molecule has 8 nitrogen and oxygen atoms in total. The van der Waals surface area contributed by atoms with Crippen molar-refractivity contribution in [3.63, 3.8) is 0 Å². The maximum atomic E-state index is 13.8. The van der Waals surface area contributed by atoms with Gasteiger partial charge in [0, 0.05) is 51.7 Å². The summed E-state index contributed by atoms with van der Waals surface area (Å²) in [6.45, 7) is 7.66. The molecule has 0 saturated carbocycles. The van der Waals surface area contributed by atoms with Gasteiger partial charge in [0.1, 0.15) is 0 Å². The topological polar surface area (TPSA) is 76.2 Å². The standard InChI is InChI=1S/C29H37N5O3/c1-21(2)33-19-24(27-25(20-33)29(37)34(30-27)23-11-7-4-8-12-23)28(36)32-17-15-31(16-18-32)26(35)14-13-22-9-5-3-6-10-22/h3-12,21,24-25,27,30H,13-20H2,1-2H3. The number of nitrogens with zero attached hydrogens (tertiary/aromatic N) is 4. The quantitative estimate of drug-likeness (QED) is 0.654. The van der Waals surface area contributed by atoms with Crippen molar-refractivity contribution in [3.8, 4) is 0 Å². The van der Waals surface area contributed by atoms with Crippen molar-refractivity contribution in [2.24, 2.45) is 11.8 Å². The van der Waals surface area contributed by atoms with E-state index in [1.807, 2.05) is 70.5 Å². The average molecular weight is 504 g/mol. The number of likely N-dealkylation sites (tertiary alicyclic amines) is 1. The Labute approximate surface area is 219 Å².